The molecule has 0 saturated heterocycles. The van der Waals surface area contributed by atoms with Gasteiger partial charge in [0.25, 0.3) is 0 Å². The van der Waals surface area contributed by atoms with Gasteiger partial charge in [-0.1, -0.05) is 0 Å². The summed E-state index contributed by atoms with van der Waals surface area (Å²) in [5, 5.41) is 12.5. The van der Waals surface area contributed by atoms with Crippen molar-refractivity contribution in [1.29, 1.82) is 0 Å². The Kier molecular flexibility index (Phi) is 5.04. The highest BCUT2D eigenvalue weighted by Crippen LogP contribution is 2.20. The van der Waals surface area contributed by atoms with Crippen molar-refractivity contribution in [3.63, 3.8) is 0 Å². The molecule has 0 spiro atoms. The highest BCUT2D eigenvalue weighted by Gasteiger charge is 2.23. The molecular weight excluding hydrogens is 170 g/mol. The Labute approximate surface area is 79.1 Å². The summed E-state index contributed by atoms with van der Waals surface area (Å²) in [4.78, 5) is 0. The van der Waals surface area contributed by atoms with E-state index in [0.29, 0.717) is 12.6 Å². The van der Waals surface area contributed by atoms with Gasteiger partial charge in [-0.25, -0.2) is 0 Å². The van der Waals surface area contributed by atoms with Crippen molar-refractivity contribution < 1.29 is 5.11 Å². The molecule has 0 heterocycles. The Morgan fingerprint density at radius 2 is 2.33 bits per heavy atom. The molecule has 72 valence electrons. The Bertz CT molecular complexity index is 117. The van der Waals surface area contributed by atoms with Crippen LogP contribution in [0.4, 0.5) is 0 Å². The van der Waals surface area contributed by atoms with Crippen molar-refractivity contribution in [2.75, 3.05) is 18.6 Å². The second-order valence-corrected chi connectivity index (χ2v) is 4.44. The normalized spacial score (nSPS) is 19.5. The average molecular weight is 189 g/mol. The highest BCUT2D eigenvalue weighted by molar-refractivity contribution is 7.98. The van der Waals surface area contributed by atoms with E-state index in [-0.39, 0.29) is 0 Å². The molecule has 1 saturated carbocycles. The van der Waals surface area contributed by atoms with Gasteiger partial charge < -0.3 is 10.4 Å². The molecule has 2 nitrogen and oxygen atoms in total. The van der Waals surface area contributed by atoms with Gasteiger partial charge in [0.1, 0.15) is 0 Å². The molecule has 12 heavy (non-hydrogen) atoms. The molecule has 1 unspecified atom stereocenters. The van der Waals surface area contributed by atoms with Crippen molar-refractivity contribution in [3.8, 4) is 0 Å². The third kappa shape index (κ3) is 4.33. The molecule has 1 rings (SSSR count). The lowest BCUT2D eigenvalue weighted by atomic mass is 10.2. The first-order valence-electron chi connectivity index (χ1n) is 4.72. The van der Waals surface area contributed by atoms with E-state index in [1.807, 2.05) is 11.8 Å². The zero-order chi connectivity index (χ0) is 8.81. The lowest BCUT2D eigenvalue weighted by Gasteiger charge is -2.14. The van der Waals surface area contributed by atoms with Crippen molar-refractivity contribution in [1.82, 2.24) is 5.32 Å². The van der Waals surface area contributed by atoms with Crippen molar-refractivity contribution in [3.05, 3.63) is 0 Å². The summed E-state index contributed by atoms with van der Waals surface area (Å²) in [6, 6.07) is 1.07. The molecule has 1 atom stereocenters. The van der Waals surface area contributed by atoms with E-state index in [4.69, 9.17) is 5.11 Å². The molecule has 0 bridgehead atoms. The summed E-state index contributed by atoms with van der Waals surface area (Å²) in [6.45, 7) is 0.297. The molecule has 0 aromatic heterocycles. The topological polar surface area (TPSA) is 32.3 Å². The molecule has 1 aliphatic carbocycles. The van der Waals surface area contributed by atoms with Crippen molar-refractivity contribution in [2.24, 2.45) is 0 Å². The van der Waals surface area contributed by atoms with Crippen LogP contribution in [-0.4, -0.2) is 35.8 Å². The van der Waals surface area contributed by atoms with Crippen LogP contribution in [0.25, 0.3) is 0 Å². The van der Waals surface area contributed by atoms with Gasteiger partial charge in [0.2, 0.25) is 0 Å². The summed E-state index contributed by atoms with van der Waals surface area (Å²) < 4.78 is 0. The maximum atomic E-state index is 9.03. The minimum atomic E-state index is 0.297. The molecule has 0 aromatic rings. The van der Waals surface area contributed by atoms with Crippen LogP contribution in [0.5, 0.6) is 0 Å². The standard InChI is InChI=1S/C9H19NOS/c1-12-6-2-3-9(7-11)10-8-4-5-8/h8-11H,2-7H2,1H3. The number of rotatable bonds is 7. The molecule has 3 heteroatoms. The molecule has 2 N–H and O–H groups in total. The minimum Gasteiger partial charge on any atom is -0.395 e. The van der Waals surface area contributed by atoms with Crippen LogP contribution in [0.1, 0.15) is 25.7 Å². The van der Waals surface area contributed by atoms with E-state index in [1.165, 1.54) is 25.0 Å². The largest absolute Gasteiger partial charge is 0.395 e. The van der Waals surface area contributed by atoms with E-state index in [2.05, 4.69) is 11.6 Å². The summed E-state index contributed by atoms with van der Waals surface area (Å²) in [6.07, 6.45) is 7.07. The molecule has 0 amide bonds. The second-order valence-electron chi connectivity index (χ2n) is 3.46. The predicted octanol–water partition coefficient (Wildman–Crippen LogP) is 1.24. The van der Waals surface area contributed by atoms with Gasteiger partial charge in [-0.2, -0.15) is 11.8 Å². The quantitative estimate of drug-likeness (QED) is 0.591. The summed E-state index contributed by atoms with van der Waals surface area (Å²) >= 11 is 1.88. The van der Waals surface area contributed by atoms with Crippen LogP contribution >= 0.6 is 11.8 Å². The fourth-order valence-corrected chi connectivity index (χ4v) is 1.74. The predicted molar refractivity (Wildman–Crippen MR) is 54.6 cm³/mol. The van der Waals surface area contributed by atoms with E-state index in [1.54, 1.807) is 0 Å². The number of hydrogen-bond donors (Lipinski definition) is 2. The second kappa shape index (κ2) is 5.84. The Morgan fingerprint density at radius 3 is 2.83 bits per heavy atom. The van der Waals surface area contributed by atoms with Crippen LogP contribution in [0, 0.1) is 0 Å². The van der Waals surface area contributed by atoms with Crippen LogP contribution in [0.2, 0.25) is 0 Å². The van der Waals surface area contributed by atoms with E-state index < -0.39 is 0 Å². The Morgan fingerprint density at radius 1 is 1.58 bits per heavy atom. The summed E-state index contributed by atoms with van der Waals surface area (Å²) in [7, 11) is 0. The van der Waals surface area contributed by atoms with Crippen LogP contribution in [-0.2, 0) is 0 Å². The molecule has 1 fully saturated rings. The monoisotopic (exact) mass is 189 g/mol. The average Bonchev–Trinajstić information content (AvgIpc) is 2.87. The maximum absolute atomic E-state index is 9.03. The van der Waals surface area contributed by atoms with Crippen LogP contribution in [0.3, 0.4) is 0 Å². The summed E-state index contributed by atoms with van der Waals surface area (Å²) in [5.74, 6) is 1.21. The number of aliphatic hydroxyl groups excluding tert-OH is 1. The first kappa shape index (κ1) is 10.4. The molecular formula is C9H19NOS. The number of aliphatic hydroxyl groups is 1. The zero-order valence-electron chi connectivity index (χ0n) is 7.75. The number of nitrogens with one attached hydrogen (secondary N) is 1. The number of thioether (sulfide) groups is 1. The third-order valence-corrected chi connectivity index (χ3v) is 2.87. The Hall–Kier alpha value is 0.270. The molecule has 0 aliphatic heterocycles. The molecule has 0 aromatic carbocycles. The first-order chi connectivity index (χ1) is 5.86. The van der Waals surface area contributed by atoms with Crippen LogP contribution in [0.15, 0.2) is 0 Å². The fourth-order valence-electron chi connectivity index (χ4n) is 1.28. The maximum Gasteiger partial charge on any atom is 0.0584 e. The molecule has 1 aliphatic rings. The lowest BCUT2D eigenvalue weighted by molar-refractivity contribution is 0.234. The van der Waals surface area contributed by atoms with Crippen LogP contribution < -0.4 is 5.32 Å². The van der Waals surface area contributed by atoms with Gasteiger partial charge in [0.15, 0.2) is 0 Å². The third-order valence-electron chi connectivity index (χ3n) is 2.17. The van der Waals surface area contributed by atoms with Crippen molar-refractivity contribution >= 4 is 11.8 Å². The first-order valence-corrected chi connectivity index (χ1v) is 6.12. The van der Waals surface area contributed by atoms with E-state index in [0.717, 1.165) is 12.5 Å². The minimum absolute atomic E-state index is 0.297. The van der Waals surface area contributed by atoms with Gasteiger partial charge in [-0.3, -0.25) is 0 Å². The SMILES string of the molecule is CSCCCC(CO)NC1CC1. The zero-order valence-corrected chi connectivity index (χ0v) is 8.57. The highest BCUT2D eigenvalue weighted by atomic mass is 32.2. The van der Waals surface area contributed by atoms with Gasteiger partial charge in [0, 0.05) is 12.1 Å². The van der Waals surface area contributed by atoms with Gasteiger partial charge in [-0.05, 0) is 37.7 Å². The fraction of sp³-hybridized carbons (Fsp3) is 1.00. The lowest BCUT2D eigenvalue weighted by Crippen LogP contribution is -2.34. The van der Waals surface area contributed by atoms with Crippen molar-refractivity contribution in [2.45, 2.75) is 37.8 Å². The van der Waals surface area contributed by atoms with E-state index >= 15 is 0 Å². The molecule has 0 radical (unpaired) electrons. The Balaban J connectivity index is 1.98. The van der Waals surface area contributed by atoms with Gasteiger partial charge >= 0.3 is 0 Å². The summed E-state index contributed by atoms with van der Waals surface area (Å²) in [5.41, 5.74) is 0. The van der Waals surface area contributed by atoms with E-state index in [9.17, 15) is 0 Å². The van der Waals surface area contributed by atoms with Gasteiger partial charge in [-0.15, -0.1) is 0 Å². The smallest absolute Gasteiger partial charge is 0.0584 e. The number of hydrogen-bond acceptors (Lipinski definition) is 3. The van der Waals surface area contributed by atoms with Gasteiger partial charge in [0.05, 0.1) is 6.61 Å².